The third-order valence-electron chi connectivity index (χ3n) is 4.53. The van der Waals surface area contributed by atoms with E-state index < -0.39 is 0 Å². The van der Waals surface area contributed by atoms with E-state index in [0.29, 0.717) is 6.04 Å². The number of nitrogens with two attached hydrogens (primary N) is 1. The molecule has 1 unspecified atom stereocenters. The molecule has 1 aromatic rings. The van der Waals surface area contributed by atoms with Crippen molar-refractivity contribution in [1.82, 2.24) is 10.2 Å². The molecule has 23 heavy (non-hydrogen) atoms. The van der Waals surface area contributed by atoms with Gasteiger partial charge in [0.2, 0.25) is 5.91 Å². The molecule has 1 amide bonds. The Morgan fingerprint density at radius 3 is 2.57 bits per heavy atom. The molecule has 0 aromatic heterocycles. The molecular weight excluding hydrogens is 310 g/mol. The highest BCUT2D eigenvalue weighted by molar-refractivity contribution is 6.30. The van der Waals surface area contributed by atoms with Crippen LogP contribution < -0.4 is 11.1 Å². The minimum atomic E-state index is -0.220. The van der Waals surface area contributed by atoms with Crippen LogP contribution in [0, 0.1) is 0 Å². The molecule has 2 rings (SSSR count). The summed E-state index contributed by atoms with van der Waals surface area (Å²) in [6, 6.07) is 8.27. The van der Waals surface area contributed by atoms with Crippen molar-refractivity contribution >= 4 is 17.5 Å². The maximum atomic E-state index is 11.6. The predicted octanol–water partition coefficient (Wildman–Crippen LogP) is 2.94. The summed E-state index contributed by atoms with van der Waals surface area (Å²) in [5.74, 6) is -0.220. The van der Waals surface area contributed by atoms with Crippen molar-refractivity contribution in [3.8, 4) is 0 Å². The fourth-order valence-corrected chi connectivity index (χ4v) is 3.23. The minimum absolute atomic E-state index is 0.178. The van der Waals surface area contributed by atoms with E-state index in [1.807, 2.05) is 12.1 Å². The topological polar surface area (TPSA) is 58.4 Å². The number of likely N-dealkylation sites (tertiary alicyclic amines) is 1. The van der Waals surface area contributed by atoms with E-state index in [9.17, 15) is 4.79 Å². The maximum absolute atomic E-state index is 11.6. The zero-order chi connectivity index (χ0) is 16.7. The molecule has 1 saturated heterocycles. The number of carbonyl (C=O) groups is 1. The van der Waals surface area contributed by atoms with Crippen LogP contribution in [0.3, 0.4) is 0 Å². The number of rotatable bonds is 8. The number of benzene rings is 1. The molecule has 4 nitrogen and oxygen atoms in total. The van der Waals surface area contributed by atoms with Gasteiger partial charge in [0, 0.05) is 17.6 Å². The summed E-state index contributed by atoms with van der Waals surface area (Å²) < 4.78 is 0. The first-order valence-corrected chi connectivity index (χ1v) is 8.98. The Kier molecular flexibility index (Phi) is 7.34. The van der Waals surface area contributed by atoms with Crippen LogP contribution in [0.4, 0.5) is 0 Å². The highest BCUT2D eigenvalue weighted by atomic mass is 35.5. The molecule has 0 aliphatic carbocycles. The smallest absolute Gasteiger partial charge is 0.234 e. The Hall–Kier alpha value is -1.10. The van der Waals surface area contributed by atoms with Gasteiger partial charge in [0.15, 0.2) is 0 Å². The molecule has 0 radical (unpaired) electrons. The lowest BCUT2D eigenvalue weighted by Gasteiger charge is -2.34. The largest absolute Gasteiger partial charge is 0.368 e. The number of carbonyl (C=O) groups excluding carboxylic acids is 1. The number of piperidine rings is 1. The first kappa shape index (κ1) is 18.2. The van der Waals surface area contributed by atoms with Crippen molar-refractivity contribution in [2.24, 2.45) is 5.73 Å². The summed E-state index contributed by atoms with van der Waals surface area (Å²) in [6.07, 6.45) is 5.09. The van der Waals surface area contributed by atoms with Gasteiger partial charge < -0.3 is 11.1 Å². The fourth-order valence-electron chi connectivity index (χ4n) is 3.11. The number of nitrogens with zero attached hydrogens (tertiary/aromatic N) is 1. The molecule has 1 aliphatic heterocycles. The second-order valence-electron chi connectivity index (χ2n) is 6.44. The average Bonchev–Trinajstić information content (AvgIpc) is 2.55. The second kappa shape index (κ2) is 9.26. The summed E-state index contributed by atoms with van der Waals surface area (Å²) in [4.78, 5) is 14.0. The number of amides is 1. The van der Waals surface area contributed by atoms with Gasteiger partial charge >= 0.3 is 0 Å². The number of hydrogen-bond donors (Lipinski definition) is 2. The van der Waals surface area contributed by atoms with Gasteiger partial charge in [0.05, 0.1) is 6.04 Å². The normalized spacial score (nSPS) is 18.0. The summed E-state index contributed by atoms with van der Waals surface area (Å²) in [5.41, 5.74) is 6.80. The molecule has 0 spiro atoms. The van der Waals surface area contributed by atoms with Crippen LogP contribution in [0.5, 0.6) is 0 Å². The number of halogens is 1. The lowest BCUT2D eigenvalue weighted by Crippen LogP contribution is -2.50. The predicted molar refractivity (Wildman–Crippen MR) is 95.4 cm³/mol. The van der Waals surface area contributed by atoms with E-state index >= 15 is 0 Å². The molecule has 0 saturated carbocycles. The maximum Gasteiger partial charge on any atom is 0.234 e. The van der Waals surface area contributed by atoms with Crippen LogP contribution in [-0.4, -0.2) is 36.0 Å². The van der Waals surface area contributed by atoms with E-state index in [1.165, 1.54) is 5.56 Å². The lowest BCUT2D eigenvalue weighted by molar-refractivity contribution is -0.120. The Balaban J connectivity index is 1.76. The summed E-state index contributed by atoms with van der Waals surface area (Å²) >= 11 is 5.92. The van der Waals surface area contributed by atoms with Crippen molar-refractivity contribution in [3.05, 3.63) is 34.9 Å². The molecule has 5 heteroatoms. The zero-order valence-corrected chi connectivity index (χ0v) is 14.7. The Bertz CT molecular complexity index is 484. The van der Waals surface area contributed by atoms with Gasteiger partial charge in [-0.15, -0.1) is 0 Å². The molecule has 1 aliphatic rings. The van der Waals surface area contributed by atoms with Crippen LogP contribution in [0.15, 0.2) is 24.3 Å². The van der Waals surface area contributed by atoms with Gasteiger partial charge in [-0.1, -0.05) is 43.5 Å². The molecule has 0 bridgehead atoms. The van der Waals surface area contributed by atoms with E-state index in [1.54, 1.807) is 0 Å². The van der Waals surface area contributed by atoms with Crippen molar-refractivity contribution in [2.75, 3.05) is 13.1 Å². The Labute approximate surface area is 144 Å². The number of nitrogens with one attached hydrogen (secondary N) is 1. The van der Waals surface area contributed by atoms with Crippen molar-refractivity contribution in [3.63, 3.8) is 0 Å². The van der Waals surface area contributed by atoms with Crippen LogP contribution >= 0.6 is 11.6 Å². The molecule has 1 heterocycles. The van der Waals surface area contributed by atoms with Crippen LogP contribution in [0.25, 0.3) is 0 Å². The van der Waals surface area contributed by atoms with Crippen molar-refractivity contribution in [2.45, 2.75) is 57.7 Å². The zero-order valence-electron chi connectivity index (χ0n) is 13.9. The fraction of sp³-hybridized carbons (Fsp3) is 0.611. The third-order valence-corrected chi connectivity index (χ3v) is 4.79. The highest BCUT2D eigenvalue weighted by Crippen LogP contribution is 2.16. The van der Waals surface area contributed by atoms with Gasteiger partial charge in [0.1, 0.15) is 0 Å². The summed E-state index contributed by atoms with van der Waals surface area (Å²) in [5, 5.41) is 4.24. The monoisotopic (exact) mass is 337 g/mol. The second-order valence-corrected chi connectivity index (χ2v) is 6.88. The highest BCUT2D eigenvalue weighted by Gasteiger charge is 2.23. The van der Waals surface area contributed by atoms with E-state index in [-0.39, 0.29) is 11.9 Å². The van der Waals surface area contributed by atoms with Gasteiger partial charge in [-0.25, -0.2) is 0 Å². The van der Waals surface area contributed by atoms with Crippen molar-refractivity contribution in [1.29, 1.82) is 0 Å². The lowest BCUT2D eigenvalue weighted by atomic mass is 10.0. The molecular formula is C18H28ClN3O. The molecule has 3 N–H and O–H groups in total. The summed E-state index contributed by atoms with van der Waals surface area (Å²) in [7, 11) is 0. The van der Waals surface area contributed by atoms with Gasteiger partial charge in [-0.2, -0.15) is 0 Å². The third kappa shape index (κ3) is 6.13. The van der Waals surface area contributed by atoms with Crippen LogP contribution in [-0.2, 0) is 11.3 Å². The average molecular weight is 338 g/mol. The SMILES string of the molecule is CCCCC(NC1CCN(Cc2ccc(Cl)cc2)CC1)C(N)=O. The quantitative estimate of drug-likeness (QED) is 0.766. The molecule has 1 aromatic carbocycles. The van der Waals surface area contributed by atoms with Crippen LogP contribution in [0.2, 0.25) is 5.02 Å². The Morgan fingerprint density at radius 2 is 2.00 bits per heavy atom. The number of hydrogen-bond acceptors (Lipinski definition) is 3. The minimum Gasteiger partial charge on any atom is -0.368 e. The molecule has 1 atom stereocenters. The number of unbranched alkanes of at least 4 members (excludes halogenated alkanes) is 1. The first-order valence-electron chi connectivity index (χ1n) is 8.60. The van der Waals surface area contributed by atoms with E-state index in [2.05, 4.69) is 29.3 Å². The standard InChI is InChI=1S/C18H28ClN3O/c1-2-3-4-17(18(20)23)21-16-9-11-22(12-10-16)13-14-5-7-15(19)8-6-14/h5-8,16-17,21H,2-4,9-13H2,1H3,(H2,20,23). The summed E-state index contributed by atoms with van der Waals surface area (Å²) in [6.45, 7) is 5.17. The van der Waals surface area contributed by atoms with Gasteiger partial charge in [-0.3, -0.25) is 9.69 Å². The van der Waals surface area contributed by atoms with E-state index in [0.717, 1.165) is 56.8 Å². The first-order chi connectivity index (χ1) is 11.1. The van der Waals surface area contributed by atoms with Crippen molar-refractivity contribution < 1.29 is 4.79 Å². The van der Waals surface area contributed by atoms with Gasteiger partial charge in [0.25, 0.3) is 0 Å². The van der Waals surface area contributed by atoms with Crippen LogP contribution in [0.1, 0.15) is 44.6 Å². The number of primary amides is 1. The van der Waals surface area contributed by atoms with Gasteiger partial charge in [-0.05, 0) is 50.0 Å². The molecule has 1 fully saturated rings. The Morgan fingerprint density at radius 1 is 1.35 bits per heavy atom. The molecule has 128 valence electrons. The van der Waals surface area contributed by atoms with E-state index in [4.69, 9.17) is 17.3 Å².